The highest BCUT2D eigenvalue weighted by atomic mass is 32.1. The number of thiophene rings is 1. The monoisotopic (exact) mass is 436 g/mol. The van der Waals surface area contributed by atoms with Crippen LogP contribution in [0.15, 0.2) is 11.4 Å². The van der Waals surface area contributed by atoms with E-state index in [0.29, 0.717) is 10.0 Å². The first-order valence-corrected chi connectivity index (χ1v) is 11.5. The molecule has 1 fully saturated rings. The Morgan fingerprint density at radius 3 is 2.69 bits per heavy atom. The van der Waals surface area contributed by atoms with Crippen molar-refractivity contribution in [3.05, 3.63) is 32.5 Å². The number of nitrogens with zero attached hydrogens (tertiary/aromatic N) is 2. The standard InChI is InChI=1S/C20H28N4O3S2/c1-5-16-12(2)6-17(29-16)19(26)21-7-18(25)23-20-22-15(11-28-20)10-24-8-13(3)27-14(4)9-24/h6,11,13-14H,5,7-10H2,1-4H3,(H,21,26)(H,22,23,25)/t13-,14+. The average molecular weight is 437 g/mol. The van der Waals surface area contributed by atoms with Gasteiger partial charge >= 0.3 is 0 Å². The number of amides is 2. The number of ether oxygens (including phenoxy) is 1. The fourth-order valence-electron chi connectivity index (χ4n) is 3.47. The lowest BCUT2D eigenvalue weighted by molar-refractivity contribution is -0.115. The molecule has 158 valence electrons. The first-order chi connectivity index (χ1) is 13.8. The van der Waals surface area contributed by atoms with Gasteiger partial charge in [-0.1, -0.05) is 6.92 Å². The normalized spacial score (nSPS) is 19.9. The minimum absolute atomic E-state index is 0.0787. The van der Waals surface area contributed by atoms with Crippen LogP contribution in [0.25, 0.3) is 0 Å². The number of anilines is 1. The summed E-state index contributed by atoms with van der Waals surface area (Å²) in [4.78, 5) is 33.1. The molecule has 29 heavy (non-hydrogen) atoms. The van der Waals surface area contributed by atoms with Gasteiger partial charge in [0.05, 0.1) is 29.3 Å². The molecule has 0 saturated carbocycles. The molecule has 0 aliphatic carbocycles. The van der Waals surface area contributed by atoms with Crippen LogP contribution in [-0.2, 0) is 22.5 Å². The number of hydrogen-bond donors (Lipinski definition) is 2. The molecule has 3 heterocycles. The van der Waals surface area contributed by atoms with Crippen LogP contribution in [0.3, 0.4) is 0 Å². The molecule has 0 radical (unpaired) electrons. The maximum absolute atomic E-state index is 12.3. The van der Waals surface area contributed by atoms with Crippen LogP contribution < -0.4 is 10.6 Å². The van der Waals surface area contributed by atoms with Crippen LogP contribution in [0.2, 0.25) is 0 Å². The fourth-order valence-corrected chi connectivity index (χ4v) is 5.22. The number of aryl methyl sites for hydroxylation is 2. The Morgan fingerprint density at radius 2 is 2.03 bits per heavy atom. The van der Waals surface area contributed by atoms with Gasteiger partial charge in [-0.3, -0.25) is 14.5 Å². The second kappa shape index (κ2) is 9.80. The topological polar surface area (TPSA) is 83.6 Å². The third-order valence-corrected chi connectivity index (χ3v) is 6.84. The number of thiazole rings is 1. The highest BCUT2D eigenvalue weighted by molar-refractivity contribution is 7.14. The van der Waals surface area contributed by atoms with Gasteiger partial charge in [-0.15, -0.1) is 22.7 Å². The van der Waals surface area contributed by atoms with Gasteiger partial charge in [-0.2, -0.15) is 0 Å². The second-order valence-corrected chi connectivity index (χ2v) is 9.39. The number of rotatable bonds is 7. The third kappa shape index (κ3) is 6.08. The van der Waals surface area contributed by atoms with E-state index in [9.17, 15) is 9.59 Å². The largest absolute Gasteiger partial charge is 0.373 e. The average Bonchev–Trinajstić information content (AvgIpc) is 3.24. The van der Waals surface area contributed by atoms with Gasteiger partial charge < -0.3 is 15.4 Å². The zero-order chi connectivity index (χ0) is 21.0. The maximum atomic E-state index is 12.3. The van der Waals surface area contributed by atoms with Gasteiger partial charge in [0, 0.05) is 29.9 Å². The number of nitrogens with one attached hydrogen (secondary N) is 2. The smallest absolute Gasteiger partial charge is 0.261 e. The summed E-state index contributed by atoms with van der Waals surface area (Å²) in [6, 6.07) is 1.87. The summed E-state index contributed by atoms with van der Waals surface area (Å²) in [6.07, 6.45) is 1.32. The van der Waals surface area contributed by atoms with Gasteiger partial charge in [0.25, 0.3) is 5.91 Å². The van der Waals surface area contributed by atoms with Gasteiger partial charge in [-0.05, 0) is 38.8 Å². The van der Waals surface area contributed by atoms with Crippen molar-refractivity contribution in [1.29, 1.82) is 0 Å². The van der Waals surface area contributed by atoms with Gasteiger partial charge in [-0.25, -0.2) is 4.98 Å². The Bertz CT molecular complexity index is 854. The molecule has 1 aliphatic heterocycles. The molecular weight excluding hydrogens is 408 g/mol. The summed E-state index contributed by atoms with van der Waals surface area (Å²) in [5.41, 5.74) is 2.04. The van der Waals surface area contributed by atoms with Crippen molar-refractivity contribution in [1.82, 2.24) is 15.2 Å². The summed E-state index contributed by atoms with van der Waals surface area (Å²) >= 11 is 2.87. The van der Waals surface area contributed by atoms with E-state index >= 15 is 0 Å². The van der Waals surface area contributed by atoms with Crippen molar-refractivity contribution in [2.24, 2.45) is 0 Å². The van der Waals surface area contributed by atoms with Crippen LogP contribution in [0.1, 0.15) is 46.6 Å². The summed E-state index contributed by atoms with van der Waals surface area (Å²) in [6.45, 7) is 10.6. The summed E-state index contributed by atoms with van der Waals surface area (Å²) < 4.78 is 5.75. The fraction of sp³-hybridized carbons (Fsp3) is 0.550. The SMILES string of the molecule is CCc1sc(C(=O)NCC(=O)Nc2nc(CN3C[C@@H](C)O[C@@H](C)C3)cs2)cc1C. The molecule has 0 unspecified atom stereocenters. The van der Waals surface area contributed by atoms with E-state index in [1.165, 1.54) is 27.6 Å². The quantitative estimate of drug-likeness (QED) is 0.697. The van der Waals surface area contributed by atoms with Crippen molar-refractivity contribution >= 4 is 39.6 Å². The summed E-state index contributed by atoms with van der Waals surface area (Å²) in [5, 5.41) is 7.95. The highest BCUT2D eigenvalue weighted by Gasteiger charge is 2.23. The van der Waals surface area contributed by atoms with Gasteiger partial charge in [0.1, 0.15) is 0 Å². The Balaban J connectivity index is 1.46. The molecule has 3 rings (SSSR count). The minimum atomic E-state index is -0.281. The highest BCUT2D eigenvalue weighted by Crippen LogP contribution is 2.22. The molecule has 2 amide bonds. The van der Waals surface area contributed by atoms with E-state index in [-0.39, 0.29) is 30.6 Å². The van der Waals surface area contributed by atoms with E-state index in [1.807, 2.05) is 18.4 Å². The molecule has 0 spiro atoms. The first kappa shape index (κ1) is 21.9. The van der Waals surface area contributed by atoms with Crippen molar-refractivity contribution in [2.75, 3.05) is 25.0 Å². The molecule has 2 N–H and O–H groups in total. The molecule has 9 heteroatoms. The van der Waals surface area contributed by atoms with Crippen molar-refractivity contribution in [3.8, 4) is 0 Å². The lowest BCUT2D eigenvalue weighted by Crippen LogP contribution is -2.44. The molecule has 0 bridgehead atoms. The predicted molar refractivity (Wildman–Crippen MR) is 117 cm³/mol. The number of carbonyl (C=O) groups is 2. The Kier molecular flexibility index (Phi) is 7.39. The number of morpholine rings is 1. The molecule has 2 aromatic rings. The van der Waals surface area contributed by atoms with Crippen LogP contribution in [0, 0.1) is 6.92 Å². The van der Waals surface area contributed by atoms with Crippen LogP contribution in [-0.4, -0.2) is 53.5 Å². The number of carbonyl (C=O) groups excluding carboxylic acids is 2. The van der Waals surface area contributed by atoms with E-state index in [4.69, 9.17) is 4.74 Å². The minimum Gasteiger partial charge on any atom is -0.373 e. The Hall–Kier alpha value is -1.81. The molecule has 0 aromatic carbocycles. The molecular formula is C20H28N4O3S2. The Morgan fingerprint density at radius 1 is 1.31 bits per heavy atom. The summed E-state index contributed by atoms with van der Waals surface area (Å²) in [5.74, 6) is -0.500. The predicted octanol–water partition coefficient (Wildman–Crippen LogP) is 3.05. The zero-order valence-corrected chi connectivity index (χ0v) is 18.9. The lowest BCUT2D eigenvalue weighted by atomic mass is 10.2. The van der Waals surface area contributed by atoms with Crippen molar-refractivity contribution < 1.29 is 14.3 Å². The summed E-state index contributed by atoms with van der Waals surface area (Å²) in [7, 11) is 0. The van der Waals surface area contributed by atoms with E-state index in [2.05, 4.69) is 41.3 Å². The van der Waals surface area contributed by atoms with Gasteiger partial charge in [0.15, 0.2) is 5.13 Å². The maximum Gasteiger partial charge on any atom is 0.261 e. The number of hydrogen-bond acceptors (Lipinski definition) is 7. The molecule has 7 nitrogen and oxygen atoms in total. The van der Waals surface area contributed by atoms with E-state index in [0.717, 1.165) is 37.3 Å². The second-order valence-electron chi connectivity index (χ2n) is 7.40. The first-order valence-electron chi connectivity index (χ1n) is 9.83. The van der Waals surface area contributed by atoms with Gasteiger partial charge in [0.2, 0.25) is 5.91 Å². The van der Waals surface area contributed by atoms with E-state index in [1.54, 1.807) is 0 Å². The van der Waals surface area contributed by atoms with Crippen molar-refractivity contribution in [3.63, 3.8) is 0 Å². The van der Waals surface area contributed by atoms with Crippen LogP contribution >= 0.6 is 22.7 Å². The molecule has 1 saturated heterocycles. The number of aromatic nitrogens is 1. The van der Waals surface area contributed by atoms with Crippen molar-refractivity contribution in [2.45, 2.75) is 52.9 Å². The van der Waals surface area contributed by atoms with Crippen LogP contribution in [0.5, 0.6) is 0 Å². The third-order valence-electron chi connectivity index (χ3n) is 4.65. The molecule has 2 aromatic heterocycles. The van der Waals surface area contributed by atoms with Crippen LogP contribution in [0.4, 0.5) is 5.13 Å². The Labute approximate surface area is 179 Å². The zero-order valence-electron chi connectivity index (χ0n) is 17.3. The molecule has 2 atom stereocenters. The van der Waals surface area contributed by atoms with E-state index < -0.39 is 0 Å². The lowest BCUT2D eigenvalue weighted by Gasteiger charge is -2.34. The molecule has 1 aliphatic rings.